The minimum absolute atomic E-state index is 0.714. The molecule has 2 heterocycles. The van der Waals surface area contributed by atoms with E-state index in [1.165, 1.54) is 49.4 Å². The average Bonchev–Trinajstić information content (AvgIpc) is 2.75. The van der Waals surface area contributed by atoms with Crippen molar-refractivity contribution in [3.63, 3.8) is 0 Å². The lowest BCUT2D eigenvalue weighted by atomic mass is 10.1. The Labute approximate surface area is 121 Å². The van der Waals surface area contributed by atoms with Gasteiger partial charge < -0.3 is 5.32 Å². The Kier molecular flexibility index (Phi) is 6.28. The molecular formula is C15H27N3S. The molecule has 19 heavy (non-hydrogen) atoms. The smallest absolute Gasteiger partial charge is 0.107 e. The summed E-state index contributed by atoms with van der Waals surface area (Å²) in [6.45, 7) is 8.84. The predicted molar refractivity (Wildman–Crippen MR) is 82.5 cm³/mol. The zero-order chi connectivity index (χ0) is 13.5. The van der Waals surface area contributed by atoms with Crippen molar-refractivity contribution in [3.05, 3.63) is 16.1 Å². The van der Waals surface area contributed by atoms with E-state index in [4.69, 9.17) is 4.98 Å². The first-order chi connectivity index (χ1) is 9.29. The first-order valence-corrected chi connectivity index (χ1v) is 8.55. The highest BCUT2D eigenvalue weighted by Gasteiger charge is 2.17. The number of rotatable bonds is 6. The van der Waals surface area contributed by atoms with Crippen LogP contribution in [-0.4, -0.2) is 29.0 Å². The lowest BCUT2D eigenvalue weighted by molar-refractivity contribution is 0.203. The minimum atomic E-state index is 0.714. The van der Waals surface area contributed by atoms with Gasteiger partial charge >= 0.3 is 0 Å². The molecule has 1 unspecified atom stereocenters. The second kappa shape index (κ2) is 7.98. The molecule has 0 amide bonds. The topological polar surface area (TPSA) is 28.2 Å². The minimum Gasteiger partial charge on any atom is -0.310 e. The van der Waals surface area contributed by atoms with Crippen LogP contribution in [0.3, 0.4) is 0 Å². The number of likely N-dealkylation sites (tertiary alicyclic amines) is 1. The Morgan fingerprint density at radius 2 is 2.32 bits per heavy atom. The van der Waals surface area contributed by atoms with Crippen LogP contribution in [0.25, 0.3) is 0 Å². The van der Waals surface area contributed by atoms with Crippen LogP contribution < -0.4 is 5.32 Å². The summed E-state index contributed by atoms with van der Waals surface area (Å²) < 4.78 is 0. The van der Waals surface area contributed by atoms with E-state index in [1.807, 2.05) is 0 Å². The van der Waals surface area contributed by atoms with Gasteiger partial charge in [0.1, 0.15) is 5.01 Å². The second-order valence-electron chi connectivity index (χ2n) is 5.58. The number of thiazole rings is 1. The van der Waals surface area contributed by atoms with E-state index in [0.29, 0.717) is 6.04 Å². The predicted octanol–water partition coefficient (Wildman–Crippen LogP) is 3.41. The molecule has 0 aliphatic carbocycles. The van der Waals surface area contributed by atoms with E-state index in [-0.39, 0.29) is 0 Å². The fourth-order valence-corrected chi connectivity index (χ4v) is 3.41. The number of nitrogens with zero attached hydrogens (tertiary/aromatic N) is 2. The molecule has 2 rings (SSSR count). The van der Waals surface area contributed by atoms with Crippen molar-refractivity contribution < 1.29 is 0 Å². The van der Waals surface area contributed by atoms with E-state index in [2.05, 4.69) is 29.4 Å². The summed E-state index contributed by atoms with van der Waals surface area (Å²) in [6.07, 6.45) is 6.66. The molecule has 1 fully saturated rings. The number of hydrogen-bond donors (Lipinski definition) is 1. The van der Waals surface area contributed by atoms with Crippen molar-refractivity contribution in [2.45, 2.75) is 65.1 Å². The quantitative estimate of drug-likeness (QED) is 0.810. The maximum Gasteiger partial charge on any atom is 0.107 e. The Bertz CT molecular complexity index is 364. The molecule has 1 saturated heterocycles. The van der Waals surface area contributed by atoms with Crippen LogP contribution in [0.2, 0.25) is 0 Å². The third-order valence-corrected chi connectivity index (χ3v) is 4.76. The lowest BCUT2D eigenvalue weighted by Crippen LogP contribution is -2.32. The molecule has 0 aromatic carbocycles. The first-order valence-electron chi connectivity index (χ1n) is 7.67. The van der Waals surface area contributed by atoms with Crippen LogP contribution in [0.1, 0.15) is 56.7 Å². The highest BCUT2D eigenvalue weighted by molar-refractivity contribution is 7.09. The van der Waals surface area contributed by atoms with Crippen LogP contribution in [0.4, 0.5) is 0 Å². The molecule has 1 aliphatic rings. The van der Waals surface area contributed by atoms with Crippen molar-refractivity contribution >= 4 is 11.3 Å². The molecule has 1 aromatic rings. The maximum atomic E-state index is 4.76. The molecule has 108 valence electrons. The molecule has 1 aromatic heterocycles. The fourth-order valence-electron chi connectivity index (χ4n) is 2.65. The van der Waals surface area contributed by atoms with Gasteiger partial charge in [-0.3, -0.25) is 4.90 Å². The summed E-state index contributed by atoms with van der Waals surface area (Å²) in [5.41, 5.74) is 1.26. The van der Waals surface area contributed by atoms with Crippen LogP contribution in [-0.2, 0) is 13.1 Å². The monoisotopic (exact) mass is 281 g/mol. The van der Waals surface area contributed by atoms with Crippen LogP contribution in [0, 0.1) is 0 Å². The Morgan fingerprint density at radius 1 is 1.42 bits per heavy atom. The average molecular weight is 281 g/mol. The number of aromatic nitrogens is 1. The normalized spacial score (nSPS) is 21.5. The van der Waals surface area contributed by atoms with Gasteiger partial charge in [-0.25, -0.2) is 4.98 Å². The summed E-state index contributed by atoms with van der Waals surface area (Å²) in [6, 6.07) is 0.714. The SMILES string of the molecule is CCCNCc1nc(CN2CCCCCC2C)cs1. The fraction of sp³-hybridized carbons (Fsp3) is 0.800. The second-order valence-corrected chi connectivity index (χ2v) is 6.52. The molecule has 3 nitrogen and oxygen atoms in total. The Balaban J connectivity index is 1.84. The van der Waals surface area contributed by atoms with Gasteiger partial charge in [-0.05, 0) is 39.3 Å². The number of hydrogen-bond acceptors (Lipinski definition) is 4. The Hall–Kier alpha value is -0.450. The molecule has 0 radical (unpaired) electrons. The highest BCUT2D eigenvalue weighted by atomic mass is 32.1. The highest BCUT2D eigenvalue weighted by Crippen LogP contribution is 2.19. The van der Waals surface area contributed by atoms with Gasteiger partial charge in [-0.1, -0.05) is 19.8 Å². The van der Waals surface area contributed by atoms with Gasteiger partial charge in [0.2, 0.25) is 0 Å². The van der Waals surface area contributed by atoms with Gasteiger partial charge in [0.15, 0.2) is 0 Å². The van der Waals surface area contributed by atoms with E-state index in [0.717, 1.165) is 19.6 Å². The summed E-state index contributed by atoms with van der Waals surface area (Å²) in [4.78, 5) is 7.36. The molecule has 1 aliphatic heterocycles. The standard InChI is InChI=1S/C15H27N3S/c1-3-8-16-10-15-17-14(12-19-15)11-18-9-6-4-5-7-13(18)2/h12-13,16H,3-11H2,1-2H3. The summed E-state index contributed by atoms with van der Waals surface area (Å²) in [5, 5.41) is 6.89. The Morgan fingerprint density at radius 3 is 3.16 bits per heavy atom. The molecule has 0 bridgehead atoms. The third-order valence-electron chi connectivity index (χ3n) is 3.86. The third kappa shape index (κ3) is 4.86. The largest absolute Gasteiger partial charge is 0.310 e. The molecule has 0 spiro atoms. The van der Waals surface area contributed by atoms with Gasteiger partial charge in [0.25, 0.3) is 0 Å². The maximum absolute atomic E-state index is 4.76. The van der Waals surface area contributed by atoms with E-state index < -0.39 is 0 Å². The molecule has 0 saturated carbocycles. The zero-order valence-electron chi connectivity index (χ0n) is 12.3. The van der Waals surface area contributed by atoms with Gasteiger partial charge in [-0.15, -0.1) is 11.3 Å². The van der Waals surface area contributed by atoms with Crippen LogP contribution in [0.5, 0.6) is 0 Å². The van der Waals surface area contributed by atoms with E-state index in [1.54, 1.807) is 11.3 Å². The van der Waals surface area contributed by atoms with Gasteiger partial charge in [0, 0.05) is 24.5 Å². The lowest BCUT2D eigenvalue weighted by Gasteiger charge is -2.25. The summed E-state index contributed by atoms with van der Waals surface area (Å²) in [5.74, 6) is 0. The zero-order valence-corrected chi connectivity index (χ0v) is 13.1. The number of nitrogens with one attached hydrogen (secondary N) is 1. The molecule has 1 N–H and O–H groups in total. The van der Waals surface area contributed by atoms with Crippen LogP contribution >= 0.6 is 11.3 Å². The van der Waals surface area contributed by atoms with E-state index >= 15 is 0 Å². The van der Waals surface area contributed by atoms with Gasteiger partial charge in [0.05, 0.1) is 5.69 Å². The van der Waals surface area contributed by atoms with Crippen molar-refractivity contribution in [2.75, 3.05) is 13.1 Å². The molecule has 4 heteroatoms. The van der Waals surface area contributed by atoms with Gasteiger partial charge in [-0.2, -0.15) is 0 Å². The molecular weight excluding hydrogens is 254 g/mol. The van der Waals surface area contributed by atoms with E-state index in [9.17, 15) is 0 Å². The first kappa shape index (κ1) is 14.9. The van der Waals surface area contributed by atoms with Crippen LogP contribution in [0.15, 0.2) is 5.38 Å². The summed E-state index contributed by atoms with van der Waals surface area (Å²) in [7, 11) is 0. The van der Waals surface area contributed by atoms with Crippen molar-refractivity contribution in [1.82, 2.24) is 15.2 Å². The van der Waals surface area contributed by atoms with Crippen molar-refractivity contribution in [2.24, 2.45) is 0 Å². The van der Waals surface area contributed by atoms with Crippen molar-refractivity contribution in [1.29, 1.82) is 0 Å². The molecule has 1 atom stereocenters. The summed E-state index contributed by atoms with van der Waals surface area (Å²) >= 11 is 1.79. The van der Waals surface area contributed by atoms with Crippen molar-refractivity contribution in [3.8, 4) is 0 Å².